The highest BCUT2D eigenvalue weighted by molar-refractivity contribution is 7.10. The molecule has 0 aliphatic carbocycles. The van der Waals surface area contributed by atoms with Gasteiger partial charge in [-0.05, 0) is 25.3 Å². The van der Waals surface area contributed by atoms with Gasteiger partial charge in [-0.1, -0.05) is 6.07 Å². The molecule has 2 aromatic rings. The van der Waals surface area contributed by atoms with E-state index in [1.165, 1.54) is 0 Å². The molecule has 0 aromatic carbocycles. The summed E-state index contributed by atoms with van der Waals surface area (Å²) in [6, 6.07) is 3.78. The Labute approximate surface area is 115 Å². The molecule has 0 radical (unpaired) electrons. The Bertz CT molecular complexity index is 522. The van der Waals surface area contributed by atoms with Crippen molar-refractivity contribution in [3.8, 4) is 0 Å². The minimum absolute atomic E-state index is 0.00375. The third kappa shape index (κ3) is 3.54. The largest absolute Gasteiger partial charge is 0.331 e. The summed E-state index contributed by atoms with van der Waals surface area (Å²) in [7, 11) is 0. The van der Waals surface area contributed by atoms with Gasteiger partial charge in [0.25, 0.3) is 0 Å². The fourth-order valence-corrected chi connectivity index (χ4v) is 2.43. The van der Waals surface area contributed by atoms with Crippen LogP contribution < -0.4 is 10.6 Å². The van der Waals surface area contributed by atoms with Gasteiger partial charge in [-0.2, -0.15) is 0 Å². The van der Waals surface area contributed by atoms with Crippen molar-refractivity contribution < 1.29 is 4.79 Å². The number of nitrogens with one attached hydrogen (secondary N) is 2. The maximum atomic E-state index is 11.8. The van der Waals surface area contributed by atoms with Crippen LogP contribution >= 0.6 is 11.3 Å². The zero-order chi connectivity index (χ0) is 13.7. The van der Waals surface area contributed by atoms with Crippen LogP contribution in [-0.2, 0) is 13.1 Å². The lowest BCUT2D eigenvalue weighted by molar-refractivity contribution is 0.237. The summed E-state index contributed by atoms with van der Waals surface area (Å²) >= 11 is 1.63. The molecule has 0 unspecified atom stereocenters. The van der Waals surface area contributed by atoms with Crippen LogP contribution in [0.4, 0.5) is 4.79 Å². The van der Waals surface area contributed by atoms with Crippen LogP contribution in [0.2, 0.25) is 0 Å². The van der Waals surface area contributed by atoms with Gasteiger partial charge in [0.15, 0.2) is 5.82 Å². The first-order valence-corrected chi connectivity index (χ1v) is 7.03. The molecule has 7 heteroatoms. The minimum Gasteiger partial charge on any atom is -0.331 e. The highest BCUT2D eigenvalue weighted by atomic mass is 32.1. The first-order valence-electron chi connectivity index (χ1n) is 6.15. The van der Waals surface area contributed by atoms with Crippen LogP contribution in [0.25, 0.3) is 0 Å². The molecule has 0 bridgehead atoms. The van der Waals surface area contributed by atoms with Gasteiger partial charge < -0.3 is 15.2 Å². The standard InChI is InChI=1S/C12H17N5OS/c1-3-17-8-14-16-11(17)7-13-12(18)15-9(2)10-5-4-6-19-10/h4-6,8-9H,3,7H2,1-2H3,(H2,13,15,18)/t9-/m1/s1. The van der Waals surface area contributed by atoms with Crippen LogP contribution in [0, 0.1) is 0 Å². The number of aromatic nitrogens is 3. The summed E-state index contributed by atoms with van der Waals surface area (Å²) in [6.45, 7) is 5.12. The molecule has 0 spiro atoms. The van der Waals surface area contributed by atoms with E-state index in [0.29, 0.717) is 6.54 Å². The zero-order valence-electron chi connectivity index (χ0n) is 11.0. The number of rotatable bonds is 5. The molecule has 2 amide bonds. The molecule has 0 saturated heterocycles. The van der Waals surface area contributed by atoms with Crippen LogP contribution in [0.5, 0.6) is 0 Å². The molecule has 6 nitrogen and oxygen atoms in total. The quantitative estimate of drug-likeness (QED) is 0.878. The molecular weight excluding hydrogens is 262 g/mol. The number of hydrogen-bond acceptors (Lipinski definition) is 4. The minimum atomic E-state index is -0.202. The van der Waals surface area contributed by atoms with E-state index in [0.717, 1.165) is 17.2 Å². The van der Waals surface area contributed by atoms with Crippen molar-refractivity contribution in [1.82, 2.24) is 25.4 Å². The molecule has 19 heavy (non-hydrogen) atoms. The smallest absolute Gasteiger partial charge is 0.315 e. The Morgan fingerprint density at radius 1 is 1.58 bits per heavy atom. The Morgan fingerprint density at radius 2 is 2.42 bits per heavy atom. The lowest BCUT2D eigenvalue weighted by Crippen LogP contribution is -2.37. The number of urea groups is 1. The highest BCUT2D eigenvalue weighted by Gasteiger charge is 2.10. The van der Waals surface area contributed by atoms with E-state index in [1.54, 1.807) is 17.7 Å². The van der Waals surface area contributed by atoms with E-state index in [2.05, 4.69) is 20.8 Å². The molecule has 2 N–H and O–H groups in total. The maximum absolute atomic E-state index is 11.8. The average molecular weight is 279 g/mol. The summed E-state index contributed by atoms with van der Waals surface area (Å²) in [4.78, 5) is 12.9. The fraction of sp³-hybridized carbons (Fsp3) is 0.417. The summed E-state index contributed by atoms with van der Waals surface area (Å²) < 4.78 is 1.89. The molecule has 102 valence electrons. The van der Waals surface area contributed by atoms with E-state index in [4.69, 9.17) is 0 Å². The lowest BCUT2D eigenvalue weighted by atomic mass is 10.3. The monoisotopic (exact) mass is 279 g/mol. The van der Waals surface area contributed by atoms with Gasteiger partial charge in [-0.15, -0.1) is 21.5 Å². The molecule has 2 heterocycles. The number of aryl methyl sites for hydroxylation is 1. The Kier molecular flexibility index (Phi) is 4.51. The van der Waals surface area contributed by atoms with Gasteiger partial charge in [0.1, 0.15) is 6.33 Å². The van der Waals surface area contributed by atoms with Crippen molar-refractivity contribution >= 4 is 17.4 Å². The van der Waals surface area contributed by atoms with Crippen LogP contribution in [0.15, 0.2) is 23.8 Å². The van der Waals surface area contributed by atoms with Crippen molar-refractivity contribution in [2.24, 2.45) is 0 Å². The lowest BCUT2D eigenvalue weighted by Gasteiger charge is -2.13. The Hall–Kier alpha value is -1.89. The van der Waals surface area contributed by atoms with Crippen molar-refractivity contribution in [3.05, 3.63) is 34.5 Å². The molecular formula is C12H17N5OS. The van der Waals surface area contributed by atoms with Crippen molar-refractivity contribution in [1.29, 1.82) is 0 Å². The second-order valence-corrected chi connectivity index (χ2v) is 5.08. The van der Waals surface area contributed by atoms with E-state index >= 15 is 0 Å². The van der Waals surface area contributed by atoms with Crippen LogP contribution in [0.1, 0.15) is 30.6 Å². The van der Waals surface area contributed by atoms with Crippen molar-refractivity contribution in [2.45, 2.75) is 33.0 Å². The Balaban J connectivity index is 1.82. The summed E-state index contributed by atoms with van der Waals surface area (Å²) in [5.74, 6) is 0.751. The summed E-state index contributed by atoms with van der Waals surface area (Å²) in [5.41, 5.74) is 0. The highest BCUT2D eigenvalue weighted by Crippen LogP contribution is 2.17. The molecule has 0 fully saturated rings. The maximum Gasteiger partial charge on any atom is 0.315 e. The van der Waals surface area contributed by atoms with Crippen LogP contribution in [0.3, 0.4) is 0 Å². The zero-order valence-corrected chi connectivity index (χ0v) is 11.8. The normalized spacial score (nSPS) is 12.1. The summed E-state index contributed by atoms with van der Waals surface area (Å²) in [6.07, 6.45) is 1.66. The number of thiophene rings is 1. The number of amides is 2. The first-order chi connectivity index (χ1) is 9.20. The SMILES string of the molecule is CCn1cnnc1CNC(=O)N[C@H](C)c1cccs1. The van der Waals surface area contributed by atoms with E-state index in [1.807, 2.05) is 35.9 Å². The van der Waals surface area contributed by atoms with Crippen LogP contribution in [-0.4, -0.2) is 20.8 Å². The third-order valence-electron chi connectivity index (χ3n) is 2.76. The number of hydrogen-bond donors (Lipinski definition) is 2. The first kappa shape index (κ1) is 13.5. The molecule has 0 saturated carbocycles. The van der Waals surface area contributed by atoms with Gasteiger partial charge >= 0.3 is 6.03 Å². The predicted molar refractivity (Wildman–Crippen MR) is 73.8 cm³/mol. The van der Waals surface area contributed by atoms with Gasteiger partial charge in [0.2, 0.25) is 0 Å². The fourth-order valence-electron chi connectivity index (χ4n) is 1.70. The van der Waals surface area contributed by atoms with Gasteiger partial charge in [0.05, 0.1) is 12.6 Å². The second-order valence-electron chi connectivity index (χ2n) is 4.10. The van der Waals surface area contributed by atoms with E-state index in [9.17, 15) is 4.79 Å². The topological polar surface area (TPSA) is 71.8 Å². The van der Waals surface area contributed by atoms with Crippen molar-refractivity contribution in [2.75, 3.05) is 0 Å². The van der Waals surface area contributed by atoms with Gasteiger partial charge in [-0.25, -0.2) is 4.79 Å². The molecule has 1 atom stereocenters. The van der Waals surface area contributed by atoms with Crippen molar-refractivity contribution in [3.63, 3.8) is 0 Å². The Morgan fingerprint density at radius 3 is 3.11 bits per heavy atom. The predicted octanol–water partition coefficient (Wildman–Crippen LogP) is 1.92. The third-order valence-corrected chi connectivity index (χ3v) is 3.82. The van der Waals surface area contributed by atoms with Gasteiger partial charge in [0, 0.05) is 11.4 Å². The number of nitrogens with zero attached hydrogens (tertiary/aromatic N) is 3. The molecule has 0 aliphatic heterocycles. The van der Waals surface area contributed by atoms with E-state index < -0.39 is 0 Å². The average Bonchev–Trinajstić information content (AvgIpc) is 3.07. The molecule has 0 aliphatic rings. The molecule has 2 aromatic heterocycles. The second kappa shape index (κ2) is 6.33. The number of carbonyl (C=O) groups is 1. The number of carbonyl (C=O) groups excluding carboxylic acids is 1. The molecule has 2 rings (SSSR count). The summed E-state index contributed by atoms with van der Waals surface area (Å²) in [5, 5.41) is 15.4. The van der Waals surface area contributed by atoms with Gasteiger partial charge in [-0.3, -0.25) is 0 Å². The van der Waals surface area contributed by atoms with E-state index in [-0.39, 0.29) is 12.1 Å².